The summed E-state index contributed by atoms with van der Waals surface area (Å²) in [6.45, 7) is 6.95. The second kappa shape index (κ2) is 7.25. The normalized spacial score (nSPS) is 24.4. The first-order chi connectivity index (χ1) is 8.33. The van der Waals surface area contributed by atoms with Crippen molar-refractivity contribution in [2.75, 3.05) is 12.3 Å². The van der Waals surface area contributed by atoms with Crippen molar-refractivity contribution < 1.29 is 8.42 Å². The highest BCUT2D eigenvalue weighted by Crippen LogP contribution is 2.26. The molecule has 18 heavy (non-hydrogen) atoms. The average Bonchev–Trinajstić information content (AvgIpc) is 2.26. The Morgan fingerprint density at radius 3 is 2.50 bits per heavy atom. The second-order valence-corrected chi connectivity index (χ2v) is 9.38. The van der Waals surface area contributed by atoms with Crippen LogP contribution in [0.2, 0.25) is 0 Å². The average molecular weight is 340 g/mol. The lowest BCUT2D eigenvalue weighted by atomic mass is 10.0. The van der Waals surface area contributed by atoms with Gasteiger partial charge in [-0.3, -0.25) is 0 Å². The zero-order valence-corrected chi connectivity index (χ0v) is 14.1. The number of rotatable bonds is 6. The quantitative estimate of drug-likeness (QED) is 0.695. The van der Waals surface area contributed by atoms with Crippen LogP contribution in [0.15, 0.2) is 0 Å². The van der Waals surface area contributed by atoms with E-state index in [2.05, 4.69) is 36.7 Å². The smallest absolute Gasteiger partial charge is 0.212 e. The molecule has 2 unspecified atom stereocenters. The number of sulfonamides is 1. The molecule has 3 nitrogen and oxygen atoms in total. The van der Waals surface area contributed by atoms with Gasteiger partial charge in [0, 0.05) is 17.4 Å². The molecule has 0 radical (unpaired) electrons. The molecule has 1 fully saturated rings. The lowest BCUT2D eigenvalue weighted by molar-refractivity contribution is 0.241. The predicted octanol–water partition coefficient (Wildman–Crippen LogP) is 3.39. The van der Waals surface area contributed by atoms with Gasteiger partial charge in [0.1, 0.15) is 0 Å². The van der Waals surface area contributed by atoms with E-state index in [1.807, 2.05) is 0 Å². The molecule has 1 aliphatic heterocycles. The van der Waals surface area contributed by atoms with Crippen molar-refractivity contribution in [2.24, 2.45) is 5.92 Å². The number of nitrogens with zero attached hydrogens (tertiary/aromatic N) is 1. The molecule has 5 heteroatoms. The van der Waals surface area contributed by atoms with Crippen LogP contribution >= 0.6 is 15.9 Å². The molecule has 0 saturated carbocycles. The van der Waals surface area contributed by atoms with E-state index in [0.29, 0.717) is 23.0 Å². The van der Waals surface area contributed by atoms with Gasteiger partial charge in [-0.05, 0) is 31.6 Å². The number of alkyl halides is 1. The SMILES string of the molecule is CC(C)CCS(=O)(=O)N1CCCCC1CC(C)Br. The summed E-state index contributed by atoms with van der Waals surface area (Å²) in [7, 11) is -3.06. The highest BCUT2D eigenvalue weighted by molar-refractivity contribution is 9.09. The van der Waals surface area contributed by atoms with Crippen molar-refractivity contribution in [1.29, 1.82) is 0 Å². The molecule has 0 aromatic carbocycles. The van der Waals surface area contributed by atoms with Gasteiger partial charge in [-0.25, -0.2) is 8.42 Å². The van der Waals surface area contributed by atoms with E-state index in [9.17, 15) is 8.42 Å². The van der Waals surface area contributed by atoms with Gasteiger partial charge in [0.25, 0.3) is 0 Å². The number of hydrogen-bond acceptors (Lipinski definition) is 2. The summed E-state index contributed by atoms with van der Waals surface area (Å²) in [5.74, 6) is 0.746. The van der Waals surface area contributed by atoms with Crippen LogP contribution in [0.3, 0.4) is 0 Å². The van der Waals surface area contributed by atoms with Crippen molar-refractivity contribution in [3.05, 3.63) is 0 Å². The molecule has 0 aromatic heterocycles. The fraction of sp³-hybridized carbons (Fsp3) is 1.00. The molecule has 0 bridgehead atoms. The number of hydrogen-bond donors (Lipinski definition) is 0. The Kier molecular flexibility index (Phi) is 6.62. The summed E-state index contributed by atoms with van der Waals surface area (Å²) in [5.41, 5.74) is 0. The standard InChI is InChI=1S/C13H26BrNO2S/c1-11(2)7-9-18(16,17)15-8-5-4-6-13(15)10-12(3)14/h11-13H,4-10H2,1-3H3. The molecular weight excluding hydrogens is 314 g/mol. The first-order valence-electron chi connectivity index (χ1n) is 6.96. The first-order valence-corrected chi connectivity index (χ1v) is 9.49. The van der Waals surface area contributed by atoms with E-state index >= 15 is 0 Å². The van der Waals surface area contributed by atoms with E-state index in [4.69, 9.17) is 0 Å². The van der Waals surface area contributed by atoms with E-state index in [1.165, 1.54) is 0 Å². The van der Waals surface area contributed by atoms with E-state index in [1.54, 1.807) is 4.31 Å². The van der Waals surface area contributed by atoms with Gasteiger partial charge in [-0.2, -0.15) is 4.31 Å². The zero-order valence-electron chi connectivity index (χ0n) is 11.7. The third kappa shape index (κ3) is 5.17. The minimum absolute atomic E-state index is 0.199. The maximum atomic E-state index is 12.4. The largest absolute Gasteiger partial charge is 0.214 e. The van der Waals surface area contributed by atoms with Gasteiger partial charge in [0.05, 0.1) is 5.75 Å². The van der Waals surface area contributed by atoms with Crippen molar-refractivity contribution in [3.8, 4) is 0 Å². The molecule has 1 heterocycles. The molecule has 0 aromatic rings. The van der Waals surface area contributed by atoms with E-state index in [-0.39, 0.29) is 6.04 Å². The van der Waals surface area contributed by atoms with E-state index < -0.39 is 10.0 Å². The van der Waals surface area contributed by atoms with Gasteiger partial charge in [-0.15, -0.1) is 0 Å². The fourth-order valence-electron chi connectivity index (χ4n) is 2.45. The Labute approximate surface area is 121 Å². The Morgan fingerprint density at radius 1 is 1.28 bits per heavy atom. The maximum absolute atomic E-state index is 12.4. The Hall–Kier alpha value is 0.390. The predicted molar refractivity (Wildman–Crippen MR) is 80.6 cm³/mol. The number of piperidine rings is 1. The molecule has 0 spiro atoms. The topological polar surface area (TPSA) is 37.4 Å². The van der Waals surface area contributed by atoms with Crippen molar-refractivity contribution in [3.63, 3.8) is 0 Å². The summed E-state index contributed by atoms with van der Waals surface area (Å²) < 4.78 is 26.6. The molecule has 1 saturated heterocycles. The van der Waals surface area contributed by atoms with Crippen LogP contribution in [0.4, 0.5) is 0 Å². The summed E-state index contributed by atoms with van der Waals surface area (Å²) >= 11 is 3.54. The van der Waals surface area contributed by atoms with Gasteiger partial charge >= 0.3 is 0 Å². The summed E-state index contributed by atoms with van der Waals surface area (Å²) in [6, 6.07) is 0.199. The van der Waals surface area contributed by atoms with Gasteiger partial charge in [-0.1, -0.05) is 43.1 Å². The Balaban J connectivity index is 2.69. The Morgan fingerprint density at radius 2 is 1.94 bits per heavy atom. The van der Waals surface area contributed by atoms with Crippen molar-refractivity contribution in [2.45, 2.75) is 63.7 Å². The first kappa shape index (κ1) is 16.4. The lowest BCUT2D eigenvalue weighted by Crippen LogP contribution is -2.45. The molecular formula is C13H26BrNO2S. The van der Waals surface area contributed by atoms with Crippen LogP contribution in [0.1, 0.15) is 52.9 Å². The second-order valence-electron chi connectivity index (χ2n) is 5.78. The van der Waals surface area contributed by atoms with Crippen LogP contribution in [-0.4, -0.2) is 35.9 Å². The zero-order chi connectivity index (χ0) is 13.8. The van der Waals surface area contributed by atoms with Crippen LogP contribution in [-0.2, 0) is 10.0 Å². The maximum Gasteiger partial charge on any atom is 0.214 e. The monoisotopic (exact) mass is 339 g/mol. The number of halogens is 1. The molecule has 1 aliphatic rings. The van der Waals surface area contributed by atoms with Crippen molar-refractivity contribution >= 4 is 26.0 Å². The van der Waals surface area contributed by atoms with Crippen LogP contribution < -0.4 is 0 Å². The minimum Gasteiger partial charge on any atom is -0.212 e. The molecule has 1 rings (SSSR count). The van der Waals surface area contributed by atoms with Gasteiger partial charge in [0.2, 0.25) is 10.0 Å². The summed E-state index contributed by atoms with van der Waals surface area (Å²) in [5, 5.41) is 0. The highest BCUT2D eigenvalue weighted by atomic mass is 79.9. The minimum atomic E-state index is -3.06. The molecule has 0 aliphatic carbocycles. The summed E-state index contributed by atoms with van der Waals surface area (Å²) in [6.07, 6.45) is 4.85. The molecule has 108 valence electrons. The third-order valence-electron chi connectivity index (χ3n) is 3.48. The highest BCUT2D eigenvalue weighted by Gasteiger charge is 2.32. The van der Waals surface area contributed by atoms with Gasteiger partial charge in [0.15, 0.2) is 0 Å². The van der Waals surface area contributed by atoms with Gasteiger partial charge < -0.3 is 0 Å². The van der Waals surface area contributed by atoms with E-state index in [0.717, 1.165) is 32.1 Å². The third-order valence-corrected chi connectivity index (χ3v) is 5.80. The van der Waals surface area contributed by atoms with Crippen LogP contribution in [0.5, 0.6) is 0 Å². The molecule has 2 atom stereocenters. The fourth-order valence-corrected chi connectivity index (χ4v) is 4.94. The lowest BCUT2D eigenvalue weighted by Gasteiger charge is -2.35. The van der Waals surface area contributed by atoms with Crippen LogP contribution in [0, 0.1) is 5.92 Å². The summed E-state index contributed by atoms with van der Waals surface area (Å²) in [4.78, 5) is 0.378. The van der Waals surface area contributed by atoms with Crippen LogP contribution in [0.25, 0.3) is 0 Å². The van der Waals surface area contributed by atoms with Crippen molar-refractivity contribution in [1.82, 2.24) is 4.31 Å². The molecule has 0 N–H and O–H groups in total. The Bertz CT molecular complexity index is 341. The molecule has 0 amide bonds.